The number of carbonyl (C=O) groups excluding carboxylic acids is 2. The Morgan fingerprint density at radius 3 is 1.73 bits per heavy atom. The Morgan fingerprint density at radius 1 is 1.36 bits per heavy atom. The SMILES string of the molecule is CCOC(C)=O.CSC(C)=O. The van der Waals surface area contributed by atoms with Crippen LogP contribution in [-0.2, 0) is 14.3 Å². The Kier molecular flexibility index (Phi) is 11.3. The molecule has 0 N–H and O–H groups in total. The maximum Gasteiger partial charge on any atom is 0.302 e. The first-order valence-corrected chi connectivity index (χ1v) is 4.45. The van der Waals surface area contributed by atoms with E-state index < -0.39 is 0 Å². The van der Waals surface area contributed by atoms with Gasteiger partial charge in [-0.1, -0.05) is 11.8 Å². The molecule has 0 aliphatic rings. The summed E-state index contributed by atoms with van der Waals surface area (Å²) < 4.78 is 4.40. The molecule has 0 aliphatic carbocycles. The highest BCUT2D eigenvalue weighted by Crippen LogP contribution is 1.88. The van der Waals surface area contributed by atoms with Crippen LogP contribution in [0.2, 0.25) is 0 Å². The van der Waals surface area contributed by atoms with Crippen molar-refractivity contribution in [2.24, 2.45) is 0 Å². The molecule has 0 radical (unpaired) electrons. The van der Waals surface area contributed by atoms with Gasteiger partial charge in [-0.15, -0.1) is 0 Å². The van der Waals surface area contributed by atoms with Crippen LogP contribution in [0.15, 0.2) is 0 Å². The van der Waals surface area contributed by atoms with Gasteiger partial charge in [0.05, 0.1) is 6.61 Å². The van der Waals surface area contributed by atoms with Crippen molar-refractivity contribution in [2.75, 3.05) is 12.9 Å². The molecule has 0 fully saturated rings. The van der Waals surface area contributed by atoms with Crippen LogP contribution in [-0.4, -0.2) is 23.9 Å². The first-order chi connectivity index (χ1) is 5.04. The van der Waals surface area contributed by atoms with Crippen LogP contribution in [0.25, 0.3) is 0 Å². The number of esters is 1. The fourth-order valence-corrected chi connectivity index (χ4v) is 0.203. The van der Waals surface area contributed by atoms with Gasteiger partial charge in [0, 0.05) is 13.8 Å². The lowest BCUT2D eigenvalue weighted by molar-refractivity contribution is -0.140. The zero-order valence-electron chi connectivity index (χ0n) is 7.34. The second kappa shape index (κ2) is 9.49. The largest absolute Gasteiger partial charge is 0.466 e. The summed E-state index contributed by atoms with van der Waals surface area (Å²) in [6.45, 7) is 5.20. The Hall–Kier alpha value is -0.510. The Morgan fingerprint density at radius 2 is 1.73 bits per heavy atom. The normalized spacial score (nSPS) is 7.64. The Labute approximate surface area is 71.5 Å². The van der Waals surface area contributed by atoms with E-state index in [0.29, 0.717) is 6.61 Å². The van der Waals surface area contributed by atoms with Gasteiger partial charge in [-0.3, -0.25) is 9.59 Å². The van der Waals surface area contributed by atoms with Gasteiger partial charge in [0.25, 0.3) is 0 Å². The summed E-state index contributed by atoms with van der Waals surface area (Å²) in [6.07, 6.45) is 1.77. The summed E-state index contributed by atoms with van der Waals surface area (Å²) in [4.78, 5) is 19.6. The molecule has 0 aromatic carbocycles. The summed E-state index contributed by atoms with van der Waals surface area (Å²) in [5.41, 5.74) is 0. The van der Waals surface area contributed by atoms with E-state index in [9.17, 15) is 9.59 Å². The van der Waals surface area contributed by atoms with Crippen LogP contribution in [0, 0.1) is 0 Å². The molecule has 66 valence electrons. The molecule has 0 rings (SSSR count). The molecule has 0 saturated heterocycles. The van der Waals surface area contributed by atoms with Gasteiger partial charge >= 0.3 is 5.97 Å². The van der Waals surface area contributed by atoms with E-state index in [1.54, 1.807) is 20.1 Å². The van der Waals surface area contributed by atoms with Crippen LogP contribution < -0.4 is 0 Å². The third-order valence-corrected chi connectivity index (χ3v) is 1.21. The molecule has 0 heterocycles. The molecule has 3 nitrogen and oxygen atoms in total. The number of ether oxygens (including phenoxy) is 1. The molecule has 0 aromatic rings. The summed E-state index contributed by atoms with van der Waals surface area (Å²) in [6, 6.07) is 0. The van der Waals surface area contributed by atoms with E-state index >= 15 is 0 Å². The minimum atomic E-state index is -0.211. The third kappa shape index (κ3) is 26.4. The molecule has 0 aromatic heterocycles. The monoisotopic (exact) mass is 178 g/mol. The lowest BCUT2D eigenvalue weighted by Crippen LogP contribution is -1.95. The molecule has 0 aliphatic heterocycles. The van der Waals surface area contributed by atoms with Gasteiger partial charge in [-0.05, 0) is 13.2 Å². The lowest BCUT2D eigenvalue weighted by atomic mass is 10.8. The summed E-state index contributed by atoms with van der Waals surface area (Å²) in [5, 5.41) is 0.171. The standard InChI is InChI=1S/C4H8O2.C3H6OS/c1-3-6-4(2)5;1-3(4)5-2/h3H2,1-2H3;1-2H3. The van der Waals surface area contributed by atoms with Crippen LogP contribution in [0.5, 0.6) is 0 Å². The molecule has 0 spiro atoms. The highest BCUT2D eigenvalue weighted by Gasteiger charge is 1.81. The number of carbonyl (C=O) groups is 2. The van der Waals surface area contributed by atoms with Gasteiger partial charge in [0.2, 0.25) is 0 Å². The van der Waals surface area contributed by atoms with Crippen molar-refractivity contribution in [3.63, 3.8) is 0 Å². The number of hydrogen-bond donors (Lipinski definition) is 0. The first kappa shape index (κ1) is 13.1. The summed E-state index contributed by atoms with van der Waals surface area (Å²) in [7, 11) is 0. The van der Waals surface area contributed by atoms with Gasteiger partial charge in [-0.25, -0.2) is 0 Å². The van der Waals surface area contributed by atoms with E-state index in [2.05, 4.69) is 4.74 Å². The lowest BCUT2D eigenvalue weighted by Gasteiger charge is -1.89. The van der Waals surface area contributed by atoms with Gasteiger partial charge in [-0.2, -0.15) is 0 Å². The Bertz CT molecular complexity index is 123. The highest BCUT2D eigenvalue weighted by atomic mass is 32.2. The predicted molar refractivity (Wildman–Crippen MR) is 46.5 cm³/mol. The average molecular weight is 178 g/mol. The quantitative estimate of drug-likeness (QED) is 0.570. The molecular formula is C7H14O3S. The highest BCUT2D eigenvalue weighted by molar-refractivity contribution is 8.12. The zero-order chi connectivity index (χ0) is 9.28. The van der Waals surface area contributed by atoms with Crippen molar-refractivity contribution in [3.8, 4) is 0 Å². The van der Waals surface area contributed by atoms with E-state index in [1.807, 2.05) is 0 Å². The second-order valence-corrected chi connectivity index (χ2v) is 2.60. The first-order valence-electron chi connectivity index (χ1n) is 3.22. The maximum atomic E-state index is 9.82. The summed E-state index contributed by atoms with van der Waals surface area (Å²) in [5.74, 6) is -0.211. The summed E-state index contributed by atoms with van der Waals surface area (Å²) >= 11 is 1.24. The van der Waals surface area contributed by atoms with Gasteiger partial charge in [0.1, 0.15) is 0 Å². The second-order valence-electron chi connectivity index (χ2n) is 1.62. The van der Waals surface area contributed by atoms with Crippen LogP contribution in [0.3, 0.4) is 0 Å². The van der Waals surface area contributed by atoms with Crippen molar-refractivity contribution < 1.29 is 14.3 Å². The molecule has 0 amide bonds. The zero-order valence-corrected chi connectivity index (χ0v) is 8.16. The predicted octanol–water partition coefficient (Wildman–Crippen LogP) is 1.47. The van der Waals surface area contributed by atoms with Crippen LogP contribution >= 0.6 is 11.8 Å². The Balaban J connectivity index is 0. The van der Waals surface area contributed by atoms with Crippen LogP contribution in [0.1, 0.15) is 20.8 Å². The van der Waals surface area contributed by atoms with Crippen molar-refractivity contribution in [1.29, 1.82) is 0 Å². The smallest absolute Gasteiger partial charge is 0.302 e. The van der Waals surface area contributed by atoms with E-state index in [4.69, 9.17) is 0 Å². The molecule has 0 atom stereocenters. The molecular weight excluding hydrogens is 164 g/mol. The topological polar surface area (TPSA) is 43.4 Å². The minimum absolute atomic E-state index is 0.171. The molecule has 0 bridgehead atoms. The number of rotatable bonds is 1. The van der Waals surface area contributed by atoms with Crippen molar-refractivity contribution in [2.45, 2.75) is 20.8 Å². The van der Waals surface area contributed by atoms with Crippen molar-refractivity contribution in [1.82, 2.24) is 0 Å². The number of thioether (sulfide) groups is 1. The average Bonchev–Trinajstić information content (AvgIpc) is 1.89. The van der Waals surface area contributed by atoms with E-state index in [0.717, 1.165) is 0 Å². The fraction of sp³-hybridized carbons (Fsp3) is 0.714. The molecule has 0 saturated carbocycles. The van der Waals surface area contributed by atoms with Crippen molar-refractivity contribution >= 4 is 22.8 Å². The van der Waals surface area contributed by atoms with Crippen molar-refractivity contribution in [3.05, 3.63) is 0 Å². The molecule has 11 heavy (non-hydrogen) atoms. The number of hydrogen-bond acceptors (Lipinski definition) is 4. The van der Waals surface area contributed by atoms with Crippen LogP contribution in [0.4, 0.5) is 0 Å². The molecule has 0 unspecified atom stereocenters. The molecule has 4 heteroatoms. The maximum absolute atomic E-state index is 9.82. The third-order valence-electron chi connectivity index (χ3n) is 0.635. The minimum Gasteiger partial charge on any atom is -0.466 e. The van der Waals surface area contributed by atoms with Gasteiger partial charge in [0.15, 0.2) is 5.12 Å². The van der Waals surface area contributed by atoms with E-state index in [-0.39, 0.29) is 11.1 Å². The van der Waals surface area contributed by atoms with Gasteiger partial charge < -0.3 is 4.74 Å². The fourth-order valence-electron chi connectivity index (χ4n) is 0.203. The van der Waals surface area contributed by atoms with E-state index in [1.165, 1.54) is 18.7 Å².